The number of aromatic nitrogens is 2. The predicted molar refractivity (Wildman–Crippen MR) is 124 cm³/mol. The second-order valence-electron chi connectivity index (χ2n) is 9.85. The Morgan fingerprint density at radius 3 is 2.30 bits per heavy atom. The Kier molecular flexibility index (Phi) is 6.74. The third-order valence-electron chi connectivity index (χ3n) is 4.74. The third kappa shape index (κ3) is 6.01. The van der Waals surface area contributed by atoms with E-state index in [1.807, 2.05) is 0 Å². The number of halogens is 2. The molecule has 180 valence electrons. The first-order chi connectivity index (χ1) is 15.1. The van der Waals surface area contributed by atoms with Gasteiger partial charge < -0.3 is 19.4 Å². The summed E-state index contributed by atoms with van der Waals surface area (Å²) in [5, 5.41) is 0.0723. The van der Waals surface area contributed by atoms with Gasteiger partial charge in [-0.25, -0.2) is 19.0 Å². The summed E-state index contributed by atoms with van der Waals surface area (Å²) in [7, 11) is 0. The zero-order chi connectivity index (χ0) is 24.7. The number of benzene rings is 1. The molecule has 1 aliphatic heterocycles. The van der Waals surface area contributed by atoms with Crippen molar-refractivity contribution < 1.29 is 23.5 Å². The fraction of sp³-hybridized carbons (Fsp3) is 0.545. The van der Waals surface area contributed by atoms with Crippen LogP contribution in [0.25, 0.3) is 10.9 Å². The normalized spacial score (nSPS) is 17.3. The summed E-state index contributed by atoms with van der Waals surface area (Å²) in [6.07, 6.45) is -1.14. The molecule has 33 heavy (non-hydrogen) atoms. The maximum absolute atomic E-state index is 13.9. The van der Waals surface area contributed by atoms with E-state index < -0.39 is 40.8 Å². The number of rotatable bonds is 1. The zero-order valence-corrected chi connectivity index (χ0v) is 21.1. The molecular weight excluding hydrogens is 499 g/mol. The largest absolute Gasteiger partial charge is 0.444 e. The Hall–Kier alpha value is -2.69. The number of nitrogens with zero attached hydrogens (tertiary/aromatic N) is 3. The first-order valence-corrected chi connectivity index (χ1v) is 11.3. The van der Waals surface area contributed by atoms with Gasteiger partial charge in [0.1, 0.15) is 28.9 Å². The van der Waals surface area contributed by atoms with Gasteiger partial charge in [0.15, 0.2) is 0 Å². The standard InChI is InChI=1S/C22H28BrFN4O5/c1-21(2,3)32-19(30)27-7-8-28(20(31)33-22(4,5)6)16(11-27)17-25-15-10-13(23)14(24)9-12(15)18(29)26-17/h9-10,16H,7-8,11H2,1-6H3,(H,25,26,29). The van der Waals surface area contributed by atoms with Gasteiger partial charge >= 0.3 is 12.2 Å². The summed E-state index contributed by atoms with van der Waals surface area (Å²) < 4.78 is 25.1. The SMILES string of the molecule is CC(C)(C)OC(=O)N1CCN(C(=O)OC(C)(C)C)C(c2nc3cc(Br)c(F)cc3c(=O)[nH]2)C1. The zero-order valence-electron chi connectivity index (χ0n) is 19.5. The summed E-state index contributed by atoms with van der Waals surface area (Å²) in [4.78, 5) is 48.3. The van der Waals surface area contributed by atoms with Crippen molar-refractivity contribution in [3.8, 4) is 0 Å². The van der Waals surface area contributed by atoms with E-state index in [1.54, 1.807) is 41.5 Å². The topological polar surface area (TPSA) is 105 Å². The quantitative estimate of drug-likeness (QED) is 0.591. The molecule has 2 amide bonds. The molecule has 3 rings (SSSR count). The smallest absolute Gasteiger partial charge is 0.411 e. The minimum absolute atomic E-state index is 0.0327. The molecular formula is C22H28BrFN4O5. The van der Waals surface area contributed by atoms with Gasteiger partial charge in [-0.2, -0.15) is 0 Å². The number of ether oxygens (including phenoxy) is 2. The summed E-state index contributed by atoms with van der Waals surface area (Å²) in [5.74, 6) is -0.433. The van der Waals surface area contributed by atoms with Crippen molar-refractivity contribution in [1.29, 1.82) is 0 Å². The van der Waals surface area contributed by atoms with E-state index in [4.69, 9.17) is 9.47 Å². The highest BCUT2D eigenvalue weighted by Gasteiger charge is 2.38. The van der Waals surface area contributed by atoms with Crippen LogP contribution in [0, 0.1) is 5.82 Å². The Labute approximate surface area is 199 Å². The number of aromatic amines is 1. The number of carbonyl (C=O) groups excluding carboxylic acids is 2. The molecule has 1 saturated heterocycles. The minimum atomic E-state index is -0.804. The number of hydrogen-bond acceptors (Lipinski definition) is 6. The maximum Gasteiger partial charge on any atom is 0.411 e. The van der Waals surface area contributed by atoms with E-state index in [0.717, 1.165) is 6.07 Å². The maximum atomic E-state index is 13.9. The van der Waals surface area contributed by atoms with Crippen LogP contribution in [-0.2, 0) is 9.47 Å². The molecule has 1 aliphatic rings. The van der Waals surface area contributed by atoms with Gasteiger partial charge in [-0.1, -0.05) is 0 Å². The molecule has 11 heteroatoms. The lowest BCUT2D eigenvalue weighted by Crippen LogP contribution is -2.54. The highest BCUT2D eigenvalue weighted by Crippen LogP contribution is 2.28. The van der Waals surface area contributed by atoms with E-state index in [1.165, 1.54) is 15.9 Å². The van der Waals surface area contributed by atoms with Gasteiger partial charge in [-0.3, -0.25) is 9.69 Å². The summed E-state index contributed by atoms with van der Waals surface area (Å²) in [5.41, 5.74) is -1.74. The number of amides is 2. The molecule has 1 N–H and O–H groups in total. The third-order valence-corrected chi connectivity index (χ3v) is 5.35. The van der Waals surface area contributed by atoms with Crippen LogP contribution >= 0.6 is 15.9 Å². The molecule has 1 aromatic heterocycles. The van der Waals surface area contributed by atoms with Crippen molar-refractivity contribution in [2.24, 2.45) is 0 Å². The predicted octanol–water partition coefficient (Wildman–Crippen LogP) is 4.35. The fourth-order valence-electron chi connectivity index (χ4n) is 3.36. The van der Waals surface area contributed by atoms with E-state index in [-0.39, 0.29) is 40.8 Å². The molecule has 2 aromatic rings. The van der Waals surface area contributed by atoms with Crippen LogP contribution in [-0.4, -0.2) is 62.8 Å². The molecule has 0 aliphatic carbocycles. The average Bonchev–Trinajstić information content (AvgIpc) is 2.66. The lowest BCUT2D eigenvalue weighted by Gasteiger charge is -2.41. The van der Waals surface area contributed by atoms with Crippen LogP contribution in [0.4, 0.5) is 14.0 Å². The van der Waals surface area contributed by atoms with E-state index >= 15 is 0 Å². The molecule has 2 heterocycles. The summed E-state index contributed by atoms with van der Waals surface area (Å²) in [6.45, 7) is 10.9. The number of carbonyl (C=O) groups is 2. The molecule has 1 fully saturated rings. The highest BCUT2D eigenvalue weighted by molar-refractivity contribution is 9.10. The molecule has 1 unspecified atom stereocenters. The summed E-state index contributed by atoms with van der Waals surface area (Å²) >= 11 is 3.10. The van der Waals surface area contributed by atoms with Crippen molar-refractivity contribution in [2.45, 2.75) is 58.8 Å². The van der Waals surface area contributed by atoms with Crippen molar-refractivity contribution in [1.82, 2.24) is 19.8 Å². The van der Waals surface area contributed by atoms with Crippen LogP contribution in [0.1, 0.15) is 53.4 Å². The van der Waals surface area contributed by atoms with Crippen molar-refractivity contribution >= 4 is 39.0 Å². The van der Waals surface area contributed by atoms with Gasteiger partial charge in [0.2, 0.25) is 0 Å². The number of fused-ring (bicyclic) bond motifs is 1. The van der Waals surface area contributed by atoms with Crippen LogP contribution in [0.2, 0.25) is 0 Å². The molecule has 0 spiro atoms. The van der Waals surface area contributed by atoms with Crippen molar-refractivity contribution in [3.05, 3.63) is 38.6 Å². The first-order valence-electron chi connectivity index (χ1n) is 10.5. The van der Waals surface area contributed by atoms with Gasteiger partial charge in [-0.05, 0) is 69.6 Å². The average molecular weight is 527 g/mol. The van der Waals surface area contributed by atoms with Crippen LogP contribution < -0.4 is 5.56 Å². The Morgan fingerprint density at radius 2 is 1.70 bits per heavy atom. The second-order valence-corrected chi connectivity index (χ2v) is 10.7. The van der Waals surface area contributed by atoms with Gasteiger partial charge in [-0.15, -0.1) is 0 Å². The van der Waals surface area contributed by atoms with Gasteiger partial charge in [0.25, 0.3) is 5.56 Å². The lowest BCUT2D eigenvalue weighted by atomic mass is 10.1. The lowest BCUT2D eigenvalue weighted by molar-refractivity contribution is -0.0163. The number of piperazine rings is 1. The molecule has 0 saturated carbocycles. The molecule has 1 atom stereocenters. The van der Waals surface area contributed by atoms with Crippen molar-refractivity contribution in [2.75, 3.05) is 19.6 Å². The first kappa shape index (κ1) is 24.9. The van der Waals surface area contributed by atoms with Crippen LogP contribution in [0.5, 0.6) is 0 Å². The Morgan fingerprint density at radius 1 is 1.09 bits per heavy atom. The minimum Gasteiger partial charge on any atom is -0.444 e. The molecule has 0 radical (unpaired) electrons. The van der Waals surface area contributed by atoms with Crippen LogP contribution in [0.3, 0.4) is 0 Å². The van der Waals surface area contributed by atoms with E-state index in [9.17, 15) is 18.8 Å². The van der Waals surface area contributed by atoms with Crippen molar-refractivity contribution in [3.63, 3.8) is 0 Å². The Bertz CT molecular complexity index is 1140. The molecule has 0 bridgehead atoms. The number of H-pyrrole nitrogens is 1. The number of nitrogens with one attached hydrogen (secondary N) is 1. The summed E-state index contributed by atoms with van der Waals surface area (Å²) in [6, 6.07) is 1.69. The van der Waals surface area contributed by atoms with Gasteiger partial charge in [0.05, 0.1) is 21.9 Å². The monoisotopic (exact) mass is 526 g/mol. The van der Waals surface area contributed by atoms with Gasteiger partial charge in [0, 0.05) is 13.1 Å². The molecule has 1 aromatic carbocycles. The number of hydrogen-bond donors (Lipinski definition) is 1. The van der Waals surface area contributed by atoms with Crippen LogP contribution in [0.15, 0.2) is 21.4 Å². The van der Waals surface area contributed by atoms with E-state index in [2.05, 4.69) is 25.9 Å². The Balaban J connectivity index is 2.02. The highest BCUT2D eigenvalue weighted by atomic mass is 79.9. The van der Waals surface area contributed by atoms with E-state index in [0.29, 0.717) is 0 Å². The fourth-order valence-corrected chi connectivity index (χ4v) is 3.69. The second kappa shape index (κ2) is 8.92. The molecule has 9 nitrogen and oxygen atoms in total.